The number of carbonyl (C=O) groups is 1. The van der Waals surface area contributed by atoms with Gasteiger partial charge in [0.1, 0.15) is 5.69 Å². The molecule has 1 aliphatic rings. The van der Waals surface area contributed by atoms with Crippen molar-refractivity contribution in [2.24, 2.45) is 5.73 Å². The van der Waals surface area contributed by atoms with Gasteiger partial charge in [-0.3, -0.25) is 4.79 Å². The van der Waals surface area contributed by atoms with Crippen LogP contribution in [0.2, 0.25) is 0 Å². The van der Waals surface area contributed by atoms with Crippen molar-refractivity contribution in [3.05, 3.63) is 29.6 Å². The van der Waals surface area contributed by atoms with E-state index >= 15 is 0 Å². The van der Waals surface area contributed by atoms with Crippen molar-refractivity contribution in [3.8, 4) is 0 Å². The maximum absolute atomic E-state index is 12.5. The lowest BCUT2D eigenvalue weighted by Gasteiger charge is -2.37. The molecule has 2 atom stereocenters. The van der Waals surface area contributed by atoms with Gasteiger partial charge in [0.05, 0.1) is 0 Å². The molecule has 1 fully saturated rings. The number of carbonyl (C=O) groups excluding carboxylic acids is 1. The number of pyridine rings is 1. The second kappa shape index (κ2) is 5.48. The molecule has 0 aliphatic carbocycles. The molecule has 0 saturated carbocycles. The molecule has 98 valence electrons. The van der Waals surface area contributed by atoms with Crippen LogP contribution >= 0.6 is 0 Å². The van der Waals surface area contributed by atoms with Gasteiger partial charge < -0.3 is 10.6 Å². The molecule has 4 heteroatoms. The lowest BCUT2D eigenvalue weighted by molar-refractivity contribution is 0.0577. The molecule has 0 unspecified atom stereocenters. The van der Waals surface area contributed by atoms with Crippen molar-refractivity contribution >= 4 is 5.91 Å². The number of nitrogens with two attached hydrogens (primary N) is 1. The molecular weight excluding hydrogens is 226 g/mol. The predicted octanol–water partition coefficient (Wildman–Crippen LogP) is 1.73. The van der Waals surface area contributed by atoms with E-state index in [1.165, 1.54) is 0 Å². The zero-order chi connectivity index (χ0) is 13.1. The molecule has 0 aromatic carbocycles. The van der Waals surface area contributed by atoms with Gasteiger partial charge in [-0.1, -0.05) is 6.07 Å². The zero-order valence-electron chi connectivity index (χ0n) is 11.1. The summed E-state index contributed by atoms with van der Waals surface area (Å²) in [5.74, 6) is 0.0145. The van der Waals surface area contributed by atoms with Gasteiger partial charge in [-0.15, -0.1) is 0 Å². The van der Waals surface area contributed by atoms with Gasteiger partial charge in [0.2, 0.25) is 0 Å². The van der Waals surface area contributed by atoms with Crippen LogP contribution in [-0.2, 0) is 0 Å². The summed E-state index contributed by atoms with van der Waals surface area (Å²) >= 11 is 0. The van der Waals surface area contributed by atoms with Gasteiger partial charge in [0.25, 0.3) is 5.91 Å². The first kappa shape index (κ1) is 13.0. The SMILES string of the molecule is Cc1cccc(C(=O)N2CCCC[C@@H]2[C@H](C)N)n1. The molecular formula is C14H21N3O. The molecule has 0 radical (unpaired) electrons. The first-order valence-electron chi connectivity index (χ1n) is 6.60. The van der Waals surface area contributed by atoms with Crippen LogP contribution in [0.1, 0.15) is 42.4 Å². The first-order chi connectivity index (χ1) is 8.59. The van der Waals surface area contributed by atoms with E-state index in [1.54, 1.807) is 6.07 Å². The van der Waals surface area contributed by atoms with E-state index in [2.05, 4.69) is 4.98 Å². The minimum absolute atomic E-state index is 0.0130. The van der Waals surface area contributed by atoms with Gasteiger partial charge >= 0.3 is 0 Å². The third-order valence-corrected chi connectivity index (χ3v) is 3.52. The van der Waals surface area contributed by atoms with Crippen LogP contribution in [0, 0.1) is 6.92 Å². The maximum atomic E-state index is 12.5. The third-order valence-electron chi connectivity index (χ3n) is 3.52. The van der Waals surface area contributed by atoms with E-state index in [1.807, 2.05) is 30.9 Å². The molecule has 1 saturated heterocycles. The second-order valence-corrected chi connectivity index (χ2v) is 5.09. The average Bonchev–Trinajstić information content (AvgIpc) is 2.38. The summed E-state index contributed by atoms with van der Waals surface area (Å²) in [5, 5.41) is 0. The van der Waals surface area contributed by atoms with Crippen LogP contribution in [0.4, 0.5) is 0 Å². The largest absolute Gasteiger partial charge is 0.333 e. The van der Waals surface area contributed by atoms with Crippen molar-refractivity contribution in [3.63, 3.8) is 0 Å². The minimum Gasteiger partial charge on any atom is -0.333 e. The Morgan fingerprint density at radius 1 is 1.50 bits per heavy atom. The monoisotopic (exact) mass is 247 g/mol. The van der Waals surface area contributed by atoms with Crippen LogP contribution < -0.4 is 5.73 Å². The lowest BCUT2D eigenvalue weighted by Crippen LogP contribution is -2.51. The molecule has 1 aromatic rings. The van der Waals surface area contributed by atoms with Gasteiger partial charge in [-0.05, 0) is 45.2 Å². The van der Waals surface area contributed by atoms with Crippen molar-refractivity contribution in [1.82, 2.24) is 9.88 Å². The quantitative estimate of drug-likeness (QED) is 0.866. The molecule has 2 N–H and O–H groups in total. The second-order valence-electron chi connectivity index (χ2n) is 5.09. The van der Waals surface area contributed by atoms with Crippen LogP contribution in [0.25, 0.3) is 0 Å². The van der Waals surface area contributed by atoms with E-state index in [4.69, 9.17) is 5.73 Å². The molecule has 0 bridgehead atoms. The van der Waals surface area contributed by atoms with E-state index < -0.39 is 0 Å². The average molecular weight is 247 g/mol. The van der Waals surface area contributed by atoms with Crippen LogP contribution in [-0.4, -0.2) is 34.4 Å². The third kappa shape index (κ3) is 2.70. The van der Waals surface area contributed by atoms with Gasteiger partial charge in [-0.2, -0.15) is 0 Å². The molecule has 2 heterocycles. The molecule has 1 amide bonds. The highest BCUT2D eigenvalue weighted by molar-refractivity contribution is 5.92. The number of amides is 1. The van der Waals surface area contributed by atoms with E-state index in [9.17, 15) is 4.79 Å². The number of hydrogen-bond donors (Lipinski definition) is 1. The summed E-state index contributed by atoms with van der Waals surface area (Å²) in [6.07, 6.45) is 3.20. The highest BCUT2D eigenvalue weighted by Crippen LogP contribution is 2.21. The van der Waals surface area contributed by atoms with E-state index in [0.717, 1.165) is 31.5 Å². The Bertz CT molecular complexity index is 431. The van der Waals surface area contributed by atoms with Crippen molar-refractivity contribution in [1.29, 1.82) is 0 Å². The Balaban J connectivity index is 2.21. The molecule has 18 heavy (non-hydrogen) atoms. The molecule has 4 nitrogen and oxygen atoms in total. The fourth-order valence-corrected chi connectivity index (χ4v) is 2.57. The Hall–Kier alpha value is -1.42. The summed E-state index contributed by atoms with van der Waals surface area (Å²) in [5.41, 5.74) is 7.39. The lowest BCUT2D eigenvalue weighted by atomic mass is 9.96. The fraction of sp³-hybridized carbons (Fsp3) is 0.571. The minimum atomic E-state index is 0.0130. The Morgan fingerprint density at radius 3 is 2.94 bits per heavy atom. The topological polar surface area (TPSA) is 59.2 Å². The maximum Gasteiger partial charge on any atom is 0.272 e. The fourth-order valence-electron chi connectivity index (χ4n) is 2.57. The smallest absolute Gasteiger partial charge is 0.272 e. The highest BCUT2D eigenvalue weighted by atomic mass is 16.2. The van der Waals surface area contributed by atoms with Crippen LogP contribution in [0.3, 0.4) is 0 Å². The summed E-state index contributed by atoms with van der Waals surface area (Å²) < 4.78 is 0. The Morgan fingerprint density at radius 2 is 2.28 bits per heavy atom. The van der Waals surface area contributed by atoms with Crippen molar-refractivity contribution in [2.75, 3.05) is 6.54 Å². The zero-order valence-corrected chi connectivity index (χ0v) is 11.1. The number of rotatable bonds is 2. The first-order valence-corrected chi connectivity index (χ1v) is 6.60. The van der Waals surface area contributed by atoms with Crippen LogP contribution in [0.15, 0.2) is 18.2 Å². The highest BCUT2D eigenvalue weighted by Gasteiger charge is 2.30. The standard InChI is InChI=1S/C14H21N3O/c1-10-6-5-7-12(16-10)14(18)17-9-4-3-8-13(17)11(2)15/h5-7,11,13H,3-4,8-9,15H2,1-2H3/t11-,13+/m0/s1. The summed E-state index contributed by atoms with van der Waals surface area (Å²) in [6.45, 7) is 4.66. The Labute approximate surface area is 108 Å². The van der Waals surface area contributed by atoms with E-state index in [0.29, 0.717) is 5.69 Å². The van der Waals surface area contributed by atoms with E-state index in [-0.39, 0.29) is 18.0 Å². The van der Waals surface area contributed by atoms with Gasteiger partial charge in [0, 0.05) is 24.3 Å². The number of aromatic nitrogens is 1. The number of aryl methyl sites for hydroxylation is 1. The molecule has 1 aromatic heterocycles. The summed E-state index contributed by atoms with van der Waals surface area (Å²) in [4.78, 5) is 18.7. The summed E-state index contributed by atoms with van der Waals surface area (Å²) in [6, 6.07) is 5.71. The van der Waals surface area contributed by atoms with Crippen molar-refractivity contribution in [2.45, 2.75) is 45.2 Å². The summed E-state index contributed by atoms with van der Waals surface area (Å²) in [7, 11) is 0. The van der Waals surface area contributed by atoms with Gasteiger partial charge in [-0.25, -0.2) is 4.98 Å². The number of nitrogens with zero attached hydrogens (tertiary/aromatic N) is 2. The molecule has 0 spiro atoms. The number of hydrogen-bond acceptors (Lipinski definition) is 3. The predicted molar refractivity (Wildman–Crippen MR) is 71.3 cm³/mol. The normalized spacial score (nSPS) is 21.7. The molecule has 2 rings (SSSR count). The van der Waals surface area contributed by atoms with Gasteiger partial charge in [0.15, 0.2) is 0 Å². The van der Waals surface area contributed by atoms with Crippen LogP contribution in [0.5, 0.6) is 0 Å². The number of piperidine rings is 1. The Kier molecular flexibility index (Phi) is 3.97. The molecule has 1 aliphatic heterocycles. The van der Waals surface area contributed by atoms with Crippen molar-refractivity contribution < 1.29 is 4.79 Å². The number of likely N-dealkylation sites (tertiary alicyclic amines) is 1.